The highest BCUT2D eigenvalue weighted by Crippen LogP contribution is 2.52. The summed E-state index contributed by atoms with van der Waals surface area (Å²) in [4.78, 5) is 18.8. The summed E-state index contributed by atoms with van der Waals surface area (Å²) in [5.41, 5.74) is 0. The predicted molar refractivity (Wildman–Crippen MR) is 56.6 cm³/mol. The normalized spacial score (nSPS) is 12.5. The summed E-state index contributed by atoms with van der Waals surface area (Å²) in [5.74, 6) is 0. The molecule has 2 N–H and O–H groups in total. The van der Waals surface area contributed by atoms with E-state index in [2.05, 4.69) is 0 Å². The zero-order valence-electron chi connectivity index (χ0n) is 8.35. The van der Waals surface area contributed by atoms with Gasteiger partial charge >= 0.3 is 7.87 Å². The van der Waals surface area contributed by atoms with Crippen LogP contribution in [0.3, 0.4) is 0 Å². The van der Waals surface area contributed by atoms with E-state index in [4.69, 9.17) is 0 Å². The maximum Gasteiger partial charge on any atom is 0.339 e. The van der Waals surface area contributed by atoms with Crippen LogP contribution in [0, 0.1) is 0 Å². The minimum atomic E-state index is -2.80. The fourth-order valence-corrected chi connectivity index (χ4v) is 3.22. The van der Waals surface area contributed by atoms with Crippen LogP contribution < -0.4 is 0 Å². The highest BCUT2D eigenvalue weighted by molar-refractivity contribution is 7.61. The summed E-state index contributed by atoms with van der Waals surface area (Å²) in [5, 5.41) is 0. The molecule has 0 rings (SSSR count). The van der Waals surface area contributed by atoms with Crippen molar-refractivity contribution < 1.29 is 9.79 Å². The molecule has 0 bridgehead atoms. The second-order valence-corrected chi connectivity index (χ2v) is 5.63. The molecule has 0 spiro atoms. The van der Waals surface area contributed by atoms with E-state index in [1.165, 1.54) is 6.66 Å². The minimum Gasteiger partial charge on any atom is -0.202 e. The topological polar surface area (TPSA) is 43.7 Å². The third-order valence-electron chi connectivity index (χ3n) is 1.50. The Hall–Kier alpha value is 0.600. The lowest BCUT2D eigenvalue weighted by molar-refractivity contribution is 0.244. The van der Waals surface area contributed by atoms with Gasteiger partial charge in [0, 0.05) is 12.1 Å². The van der Waals surface area contributed by atoms with Crippen LogP contribution in [0.2, 0.25) is 0 Å². The Balaban J connectivity index is 0. The zero-order chi connectivity index (χ0) is 9.23. The van der Waals surface area contributed by atoms with Gasteiger partial charge in [-0.25, -0.2) is 9.79 Å². The number of nitrogens with zero attached hydrogens (tertiary/aromatic N) is 1. The van der Waals surface area contributed by atoms with E-state index >= 15 is 0 Å². The standard InChI is InChI=1S/C7H19NO2P.ClH/c1-6(2)8(7(3)4)11(5,9)10;/h6-7,9-10H,1-5H3;1H/q+1;. The number of halogens is 1. The van der Waals surface area contributed by atoms with Gasteiger partial charge in [0.05, 0.1) is 0 Å². The Labute approximate surface area is 81.7 Å². The molecule has 0 heterocycles. The lowest BCUT2D eigenvalue weighted by atomic mass is 10.3. The van der Waals surface area contributed by atoms with Gasteiger partial charge in [0.1, 0.15) is 6.66 Å². The molecule has 0 saturated heterocycles. The largest absolute Gasteiger partial charge is 0.339 e. The molecular formula is C7H20ClNO2P+. The van der Waals surface area contributed by atoms with Crippen molar-refractivity contribution in [1.82, 2.24) is 4.67 Å². The van der Waals surface area contributed by atoms with Crippen molar-refractivity contribution in [2.45, 2.75) is 39.8 Å². The first kappa shape index (κ1) is 15.1. The summed E-state index contributed by atoms with van der Waals surface area (Å²) >= 11 is 0. The van der Waals surface area contributed by atoms with Crippen LogP contribution in [0.4, 0.5) is 0 Å². The Kier molecular flexibility index (Phi) is 6.73. The third kappa shape index (κ3) is 4.58. The highest BCUT2D eigenvalue weighted by Gasteiger charge is 2.39. The predicted octanol–water partition coefficient (Wildman–Crippen LogP) is 1.90. The molecule has 0 aliphatic carbocycles. The van der Waals surface area contributed by atoms with Crippen LogP contribution in [0.5, 0.6) is 0 Å². The van der Waals surface area contributed by atoms with Gasteiger partial charge in [-0.05, 0) is 27.7 Å². The molecule has 0 fully saturated rings. The van der Waals surface area contributed by atoms with Crippen LogP contribution in [0.15, 0.2) is 0 Å². The van der Waals surface area contributed by atoms with Crippen LogP contribution in [-0.4, -0.2) is 33.2 Å². The Morgan fingerprint density at radius 2 is 1.25 bits per heavy atom. The van der Waals surface area contributed by atoms with E-state index in [0.29, 0.717) is 0 Å². The Bertz CT molecular complexity index is 117. The Morgan fingerprint density at radius 1 is 1.00 bits per heavy atom. The van der Waals surface area contributed by atoms with Crippen LogP contribution >= 0.6 is 20.3 Å². The summed E-state index contributed by atoms with van der Waals surface area (Å²) in [6, 6.07) is 0.367. The molecule has 5 heteroatoms. The van der Waals surface area contributed by atoms with Gasteiger partial charge in [-0.15, -0.1) is 17.1 Å². The molecule has 0 aromatic heterocycles. The third-order valence-corrected chi connectivity index (χ3v) is 3.29. The second kappa shape index (κ2) is 5.36. The van der Waals surface area contributed by atoms with Crippen molar-refractivity contribution in [1.29, 1.82) is 0 Å². The van der Waals surface area contributed by atoms with Gasteiger partial charge in [0.15, 0.2) is 0 Å². The average Bonchev–Trinajstić information content (AvgIpc) is 1.54. The van der Waals surface area contributed by atoms with Crippen molar-refractivity contribution >= 4 is 20.3 Å². The first-order valence-electron chi connectivity index (χ1n) is 3.87. The van der Waals surface area contributed by atoms with Crippen molar-refractivity contribution in [3.63, 3.8) is 0 Å². The molecule has 0 saturated carbocycles. The fraction of sp³-hybridized carbons (Fsp3) is 1.00. The molecule has 0 unspecified atom stereocenters. The van der Waals surface area contributed by atoms with E-state index in [9.17, 15) is 9.79 Å². The van der Waals surface area contributed by atoms with E-state index in [-0.39, 0.29) is 24.5 Å². The minimum absolute atomic E-state index is 0. The first-order valence-corrected chi connectivity index (χ1v) is 5.97. The maximum atomic E-state index is 9.41. The quantitative estimate of drug-likeness (QED) is 0.709. The van der Waals surface area contributed by atoms with E-state index in [1.54, 1.807) is 4.67 Å². The van der Waals surface area contributed by atoms with E-state index in [0.717, 1.165) is 0 Å². The number of hydrogen-bond donors (Lipinski definition) is 2. The summed E-state index contributed by atoms with van der Waals surface area (Å²) in [6.07, 6.45) is 0. The molecule has 0 aromatic rings. The van der Waals surface area contributed by atoms with Crippen LogP contribution in [0.1, 0.15) is 27.7 Å². The number of rotatable bonds is 3. The lowest BCUT2D eigenvalue weighted by Crippen LogP contribution is -2.36. The molecule has 0 aromatic carbocycles. The second-order valence-electron chi connectivity index (χ2n) is 3.44. The van der Waals surface area contributed by atoms with Crippen molar-refractivity contribution in [2.75, 3.05) is 6.66 Å². The molecule has 0 amide bonds. The van der Waals surface area contributed by atoms with Crippen LogP contribution in [-0.2, 0) is 0 Å². The average molecular weight is 217 g/mol. The molecule has 3 nitrogen and oxygen atoms in total. The molecule has 0 atom stereocenters. The summed E-state index contributed by atoms with van der Waals surface area (Å²) < 4.78 is 1.74. The maximum absolute atomic E-state index is 9.41. The molecule has 76 valence electrons. The van der Waals surface area contributed by atoms with Gasteiger partial charge < -0.3 is 0 Å². The van der Waals surface area contributed by atoms with Crippen molar-refractivity contribution in [3.8, 4) is 0 Å². The monoisotopic (exact) mass is 216 g/mol. The van der Waals surface area contributed by atoms with Gasteiger partial charge in [-0.3, -0.25) is 0 Å². The van der Waals surface area contributed by atoms with Gasteiger partial charge in [0.25, 0.3) is 0 Å². The van der Waals surface area contributed by atoms with Crippen molar-refractivity contribution in [3.05, 3.63) is 0 Å². The van der Waals surface area contributed by atoms with E-state index in [1.807, 2.05) is 27.7 Å². The smallest absolute Gasteiger partial charge is 0.202 e. The van der Waals surface area contributed by atoms with Gasteiger partial charge in [0.2, 0.25) is 0 Å². The summed E-state index contributed by atoms with van der Waals surface area (Å²) in [7, 11) is -2.80. The SMILES string of the molecule is CC(C)N(C(C)C)[P+](C)(O)O.Cl. The molecular weight excluding hydrogens is 197 g/mol. The molecule has 0 radical (unpaired) electrons. The van der Waals surface area contributed by atoms with Crippen molar-refractivity contribution in [2.24, 2.45) is 0 Å². The van der Waals surface area contributed by atoms with Crippen LogP contribution in [0.25, 0.3) is 0 Å². The Morgan fingerprint density at radius 3 is 1.25 bits per heavy atom. The van der Waals surface area contributed by atoms with Gasteiger partial charge in [-0.2, -0.15) is 0 Å². The summed E-state index contributed by atoms with van der Waals surface area (Å²) in [6.45, 7) is 9.35. The van der Waals surface area contributed by atoms with E-state index < -0.39 is 7.87 Å². The molecule has 0 aliphatic heterocycles. The van der Waals surface area contributed by atoms with Gasteiger partial charge in [-0.1, -0.05) is 0 Å². The first-order chi connectivity index (χ1) is 4.76. The number of hydrogen-bond acceptors (Lipinski definition) is 3. The fourth-order valence-electron chi connectivity index (χ4n) is 1.47. The molecule has 0 aliphatic rings. The molecule has 12 heavy (non-hydrogen) atoms. The zero-order valence-corrected chi connectivity index (χ0v) is 10.1. The lowest BCUT2D eigenvalue weighted by Gasteiger charge is -2.29. The highest BCUT2D eigenvalue weighted by atomic mass is 35.5.